The lowest BCUT2D eigenvalue weighted by molar-refractivity contribution is 0.0740. The molecule has 72 valence electrons. The van der Waals surface area contributed by atoms with Crippen molar-refractivity contribution in [2.24, 2.45) is 11.8 Å². The smallest absolute Gasteiger partial charge is 0.0683 e. The Kier molecular flexibility index (Phi) is 3.13. The van der Waals surface area contributed by atoms with Gasteiger partial charge in [-0.15, -0.1) is 0 Å². The Morgan fingerprint density at radius 1 is 1.67 bits per heavy atom. The number of methoxy groups -OCH3 is 1. The average molecular weight is 172 g/mol. The predicted octanol–water partition coefficient (Wildman–Crippen LogP) is 1.82. The summed E-state index contributed by atoms with van der Waals surface area (Å²) in [6.45, 7) is 5.04. The zero-order chi connectivity index (χ0) is 9.19. The standard InChI is InChI=1S/C10H20O2/c1-4-9-6-10(9,11)5-8(2)7-12-3/h8-9,11H,4-7H2,1-3H3. The fraction of sp³-hybridized carbons (Fsp3) is 1.00. The van der Waals surface area contributed by atoms with E-state index >= 15 is 0 Å². The van der Waals surface area contributed by atoms with E-state index in [-0.39, 0.29) is 5.60 Å². The van der Waals surface area contributed by atoms with Crippen molar-refractivity contribution in [2.75, 3.05) is 13.7 Å². The Balaban J connectivity index is 2.23. The number of aliphatic hydroxyl groups is 1. The van der Waals surface area contributed by atoms with Gasteiger partial charge >= 0.3 is 0 Å². The maximum absolute atomic E-state index is 9.93. The van der Waals surface area contributed by atoms with Gasteiger partial charge in [-0.25, -0.2) is 0 Å². The second-order valence-corrected chi connectivity index (χ2v) is 4.18. The third-order valence-electron chi connectivity index (χ3n) is 2.85. The molecule has 0 aromatic heterocycles. The Bertz CT molecular complexity index is 147. The van der Waals surface area contributed by atoms with Crippen LogP contribution in [0.1, 0.15) is 33.1 Å². The fourth-order valence-electron chi connectivity index (χ4n) is 2.09. The zero-order valence-corrected chi connectivity index (χ0v) is 8.34. The van der Waals surface area contributed by atoms with E-state index < -0.39 is 0 Å². The van der Waals surface area contributed by atoms with E-state index in [1.54, 1.807) is 7.11 Å². The van der Waals surface area contributed by atoms with Gasteiger partial charge in [0.2, 0.25) is 0 Å². The molecule has 2 nitrogen and oxygen atoms in total. The minimum absolute atomic E-state index is 0.341. The highest BCUT2D eigenvalue weighted by Crippen LogP contribution is 2.49. The molecule has 12 heavy (non-hydrogen) atoms. The normalized spacial score (nSPS) is 36.5. The molecule has 1 N–H and O–H groups in total. The average Bonchev–Trinajstić information content (AvgIpc) is 2.61. The third kappa shape index (κ3) is 2.20. The summed E-state index contributed by atoms with van der Waals surface area (Å²) in [6, 6.07) is 0. The van der Waals surface area contributed by atoms with Crippen LogP contribution >= 0.6 is 0 Å². The van der Waals surface area contributed by atoms with Crippen LogP contribution in [0.5, 0.6) is 0 Å². The fourth-order valence-corrected chi connectivity index (χ4v) is 2.09. The van der Waals surface area contributed by atoms with Gasteiger partial charge in [0, 0.05) is 13.7 Å². The Morgan fingerprint density at radius 2 is 2.33 bits per heavy atom. The highest BCUT2D eigenvalue weighted by molar-refractivity contribution is 5.02. The molecule has 3 unspecified atom stereocenters. The van der Waals surface area contributed by atoms with E-state index in [2.05, 4.69) is 13.8 Å². The van der Waals surface area contributed by atoms with Crippen LogP contribution in [0.25, 0.3) is 0 Å². The van der Waals surface area contributed by atoms with Crippen LogP contribution in [0.2, 0.25) is 0 Å². The highest BCUT2D eigenvalue weighted by Gasteiger charge is 2.51. The predicted molar refractivity (Wildman–Crippen MR) is 49.0 cm³/mol. The van der Waals surface area contributed by atoms with E-state index in [0.29, 0.717) is 11.8 Å². The summed E-state index contributed by atoms with van der Waals surface area (Å²) in [5.74, 6) is 1.04. The third-order valence-corrected chi connectivity index (χ3v) is 2.85. The quantitative estimate of drug-likeness (QED) is 0.685. The SMILES string of the molecule is CCC1CC1(O)CC(C)COC. The van der Waals surface area contributed by atoms with Gasteiger partial charge in [-0.1, -0.05) is 20.3 Å². The van der Waals surface area contributed by atoms with Crippen molar-refractivity contribution in [1.82, 2.24) is 0 Å². The zero-order valence-electron chi connectivity index (χ0n) is 8.34. The monoisotopic (exact) mass is 172 g/mol. The molecular weight excluding hydrogens is 152 g/mol. The minimum Gasteiger partial charge on any atom is -0.390 e. The molecule has 2 heteroatoms. The molecular formula is C10H20O2. The summed E-state index contributed by atoms with van der Waals surface area (Å²) in [6.07, 6.45) is 3.01. The summed E-state index contributed by atoms with van der Waals surface area (Å²) >= 11 is 0. The van der Waals surface area contributed by atoms with E-state index in [1.165, 1.54) is 0 Å². The molecule has 0 bridgehead atoms. The van der Waals surface area contributed by atoms with Gasteiger partial charge in [-0.2, -0.15) is 0 Å². The molecule has 0 aromatic carbocycles. The molecule has 0 saturated heterocycles. The molecule has 0 radical (unpaired) electrons. The van der Waals surface area contributed by atoms with Gasteiger partial charge in [-0.3, -0.25) is 0 Å². The summed E-state index contributed by atoms with van der Waals surface area (Å²) in [4.78, 5) is 0. The van der Waals surface area contributed by atoms with Crippen LogP contribution in [0.3, 0.4) is 0 Å². The van der Waals surface area contributed by atoms with Crippen molar-refractivity contribution in [3.8, 4) is 0 Å². The number of hydrogen-bond donors (Lipinski definition) is 1. The molecule has 0 amide bonds. The number of rotatable bonds is 5. The number of hydrogen-bond acceptors (Lipinski definition) is 2. The Labute approximate surface area is 74.9 Å². The van der Waals surface area contributed by atoms with Crippen molar-refractivity contribution in [3.63, 3.8) is 0 Å². The van der Waals surface area contributed by atoms with E-state index in [9.17, 15) is 5.11 Å². The minimum atomic E-state index is -0.341. The molecule has 0 spiro atoms. The first kappa shape index (κ1) is 10.0. The molecule has 1 aliphatic carbocycles. The Hall–Kier alpha value is -0.0800. The lowest BCUT2D eigenvalue weighted by atomic mass is 10.0. The van der Waals surface area contributed by atoms with Crippen LogP contribution in [0.4, 0.5) is 0 Å². The lowest BCUT2D eigenvalue weighted by Gasteiger charge is -2.15. The molecule has 0 aliphatic heterocycles. The first-order valence-corrected chi connectivity index (χ1v) is 4.83. The van der Waals surface area contributed by atoms with Crippen LogP contribution in [-0.2, 0) is 4.74 Å². The first-order chi connectivity index (χ1) is 5.62. The van der Waals surface area contributed by atoms with E-state index in [1.807, 2.05) is 0 Å². The topological polar surface area (TPSA) is 29.5 Å². The molecule has 1 aliphatic rings. The van der Waals surface area contributed by atoms with Crippen LogP contribution in [0.15, 0.2) is 0 Å². The van der Waals surface area contributed by atoms with E-state index in [0.717, 1.165) is 25.9 Å². The molecule has 1 saturated carbocycles. The van der Waals surface area contributed by atoms with Crippen molar-refractivity contribution in [1.29, 1.82) is 0 Å². The van der Waals surface area contributed by atoms with Crippen molar-refractivity contribution in [3.05, 3.63) is 0 Å². The lowest BCUT2D eigenvalue weighted by Crippen LogP contribution is -2.18. The van der Waals surface area contributed by atoms with Gasteiger partial charge in [-0.05, 0) is 24.7 Å². The molecule has 1 rings (SSSR count). The summed E-state index contributed by atoms with van der Waals surface area (Å²) in [5.41, 5.74) is -0.341. The maximum Gasteiger partial charge on any atom is 0.0683 e. The van der Waals surface area contributed by atoms with Crippen molar-refractivity contribution < 1.29 is 9.84 Å². The molecule has 0 heterocycles. The van der Waals surface area contributed by atoms with Gasteiger partial charge < -0.3 is 9.84 Å². The number of ether oxygens (including phenoxy) is 1. The van der Waals surface area contributed by atoms with Gasteiger partial charge in [0.05, 0.1) is 5.60 Å². The molecule has 0 aromatic rings. The van der Waals surface area contributed by atoms with Gasteiger partial charge in [0.1, 0.15) is 0 Å². The largest absolute Gasteiger partial charge is 0.390 e. The van der Waals surface area contributed by atoms with Crippen LogP contribution in [-0.4, -0.2) is 24.4 Å². The second-order valence-electron chi connectivity index (χ2n) is 4.18. The second kappa shape index (κ2) is 3.75. The van der Waals surface area contributed by atoms with Crippen LogP contribution in [0, 0.1) is 11.8 Å². The van der Waals surface area contributed by atoms with Crippen molar-refractivity contribution >= 4 is 0 Å². The maximum atomic E-state index is 9.93. The summed E-state index contributed by atoms with van der Waals surface area (Å²) < 4.78 is 5.04. The molecule has 1 fully saturated rings. The summed E-state index contributed by atoms with van der Waals surface area (Å²) in [5, 5.41) is 9.93. The van der Waals surface area contributed by atoms with Gasteiger partial charge in [0.25, 0.3) is 0 Å². The van der Waals surface area contributed by atoms with E-state index in [4.69, 9.17) is 4.74 Å². The first-order valence-electron chi connectivity index (χ1n) is 4.83. The highest BCUT2D eigenvalue weighted by atomic mass is 16.5. The van der Waals surface area contributed by atoms with Gasteiger partial charge in [0.15, 0.2) is 0 Å². The summed E-state index contributed by atoms with van der Waals surface area (Å²) in [7, 11) is 1.71. The molecule has 3 atom stereocenters. The van der Waals surface area contributed by atoms with Crippen LogP contribution < -0.4 is 0 Å². The Morgan fingerprint density at radius 3 is 2.75 bits per heavy atom. The van der Waals surface area contributed by atoms with Crippen molar-refractivity contribution in [2.45, 2.75) is 38.7 Å².